The normalized spacial score (nSPS) is 19.9. The van der Waals surface area contributed by atoms with Gasteiger partial charge in [-0.1, -0.05) is 30.1 Å². The fourth-order valence-corrected chi connectivity index (χ4v) is 3.01. The first kappa shape index (κ1) is 15.6. The Bertz CT molecular complexity index is 479. The Kier molecular flexibility index (Phi) is 5.70. The lowest BCUT2D eigenvalue weighted by Crippen LogP contribution is -2.36. The van der Waals surface area contributed by atoms with Crippen molar-refractivity contribution < 1.29 is 4.79 Å². The fraction of sp³-hybridized carbons (Fsp3) is 0.533. The fourth-order valence-electron chi connectivity index (χ4n) is 2.55. The maximum absolute atomic E-state index is 11.9. The van der Waals surface area contributed by atoms with E-state index in [2.05, 4.69) is 17.1 Å². The first-order valence-corrected chi connectivity index (χ1v) is 7.77. The number of nitrogens with zero attached hydrogens (tertiary/aromatic N) is 1. The monoisotopic (exact) mass is 314 g/mol. The van der Waals surface area contributed by atoms with Crippen molar-refractivity contribution in [1.82, 2.24) is 4.90 Å². The van der Waals surface area contributed by atoms with E-state index >= 15 is 0 Å². The lowest BCUT2D eigenvalue weighted by atomic mass is 10.0. The molecular weight excluding hydrogens is 295 g/mol. The van der Waals surface area contributed by atoms with E-state index in [0.717, 1.165) is 25.6 Å². The van der Waals surface area contributed by atoms with Gasteiger partial charge in [-0.25, -0.2) is 0 Å². The molecule has 110 valence electrons. The van der Waals surface area contributed by atoms with Crippen LogP contribution >= 0.6 is 23.2 Å². The number of amides is 1. The van der Waals surface area contributed by atoms with Gasteiger partial charge in [-0.2, -0.15) is 0 Å². The van der Waals surface area contributed by atoms with Crippen molar-refractivity contribution in [3.05, 3.63) is 28.2 Å². The molecule has 2 rings (SSSR count). The van der Waals surface area contributed by atoms with E-state index in [4.69, 9.17) is 23.2 Å². The third-order valence-corrected chi connectivity index (χ3v) is 4.15. The molecule has 1 N–H and O–H groups in total. The van der Waals surface area contributed by atoms with Crippen molar-refractivity contribution in [2.45, 2.75) is 26.2 Å². The summed E-state index contributed by atoms with van der Waals surface area (Å²) in [5.74, 6) is 0.727. The number of carbonyl (C=O) groups excluding carboxylic acids is 1. The molecule has 1 aromatic rings. The van der Waals surface area contributed by atoms with Gasteiger partial charge in [-0.3, -0.25) is 4.79 Å². The van der Waals surface area contributed by atoms with E-state index in [0.29, 0.717) is 22.2 Å². The standard InChI is InChI=1S/C15H20Cl2N2O/c1-11-3-2-7-19(10-11)8-6-15(20)18-14-5-4-12(16)9-13(14)17/h4-5,9,11H,2-3,6-8,10H2,1H3,(H,18,20). The number of halogens is 2. The summed E-state index contributed by atoms with van der Waals surface area (Å²) >= 11 is 11.9. The lowest BCUT2D eigenvalue weighted by molar-refractivity contribution is -0.116. The summed E-state index contributed by atoms with van der Waals surface area (Å²) in [6, 6.07) is 5.08. The molecule has 1 unspecified atom stereocenters. The second-order valence-electron chi connectivity index (χ2n) is 5.47. The second-order valence-corrected chi connectivity index (χ2v) is 6.31. The van der Waals surface area contributed by atoms with E-state index in [9.17, 15) is 4.79 Å². The molecular formula is C15H20Cl2N2O. The highest BCUT2D eigenvalue weighted by molar-refractivity contribution is 6.36. The average Bonchev–Trinajstić information content (AvgIpc) is 2.40. The van der Waals surface area contributed by atoms with Crippen LogP contribution in [-0.2, 0) is 4.79 Å². The quantitative estimate of drug-likeness (QED) is 0.909. The molecule has 0 aromatic heterocycles. The van der Waals surface area contributed by atoms with Crippen LogP contribution < -0.4 is 5.32 Å². The zero-order valence-electron chi connectivity index (χ0n) is 11.7. The van der Waals surface area contributed by atoms with Crippen LogP contribution in [0.15, 0.2) is 18.2 Å². The molecule has 1 saturated heterocycles. The van der Waals surface area contributed by atoms with Gasteiger partial charge in [0.15, 0.2) is 0 Å². The number of piperidine rings is 1. The summed E-state index contributed by atoms with van der Waals surface area (Å²) in [5, 5.41) is 3.87. The zero-order chi connectivity index (χ0) is 14.5. The van der Waals surface area contributed by atoms with Crippen LogP contribution in [0, 0.1) is 5.92 Å². The third-order valence-electron chi connectivity index (χ3n) is 3.60. The van der Waals surface area contributed by atoms with Gasteiger partial charge in [0.25, 0.3) is 0 Å². The Morgan fingerprint density at radius 2 is 2.25 bits per heavy atom. The Morgan fingerprint density at radius 3 is 2.95 bits per heavy atom. The van der Waals surface area contributed by atoms with Gasteiger partial charge in [0, 0.05) is 24.5 Å². The summed E-state index contributed by atoms with van der Waals surface area (Å²) < 4.78 is 0. The van der Waals surface area contributed by atoms with Gasteiger partial charge in [0.1, 0.15) is 0 Å². The molecule has 0 aliphatic carbocycles. The van der Waals surface area contributed by atoms with Crippen molar-refractivity contribution in [3.63, 3.8) is 0 Å². The van der Waals surface area contributed by atoms with Gasteiger partial charge in [0.05, 0.1) is 10.7 Å². The molecule has 1 aromatic carbocycles. The second kappa shape index (κ2) is 7.30. The molecule has 1 heterocycles. The molecule has 1 atom stereocenters. The minimum absolute atomic E-state index is 0.00699. The van der Waals surface area contributed by atoms with Crippen molar-refractivity contribution >= 4 is 34.8 Å². The minimum atomic E-state index is -0.00699. The minimum Gasteiger partial charge on any atom is -0.325 e. The van der Waals surface area contributed by atoms with Crippen LogP contribution in [0.3, 0.4) is 0 Å². The highest BCUT2D eigenvalue weighted by atomic mass is 35.5. The number of rotatable bonds is 4. The summed E-state index contributed by atoms with van der Waals surface area (Å²) in [6.45, 7) is 5.26. The number of hydrogen-bond donors (Lipinski definition) is 1. The topological polar surface area (TPSA) is 32.3 Å². The predicted molar refractivity (Wildman–Crippen MR) is 84.5 cm³/mol. The van der Waals surface area contributed by atoms with Gasteiger partial charge in [-0.05, 0) is 43.5 Å². The summed E-state index contributed by atoms with van der Waals surface area (Å²) in [6.07, 6.45) is 3.01. The molecule has 5 heteroatoms. The van der Waals surface area contributed by atoms with E-state index in [1.165, 1.54) is 12.8 Å². The molecule has 1 fully saturated rings. The maximum atomic E-state index is 11.9. The number of likely N-dealkylation sites (tertiary alicyclic amines) is 1. The van der Waals surface area contributed by atoms with Crippen molar-refractivity contribution in [3.8, 4) is 0 Å². The number of carbonyl (C=O) groups is 1. The molecule has 1 amide bonds. The van der Waals surface area contributed by atoms with E-state index in [1.807, 2.05) is 0 Å². The Morgan fingerprint density at radius 1 is 1.45 bits per heavy atom. The number of hydrogen-bond acceptors (Lipinski definition) is 2. The third kappa shape index (κ3) is 4.65. The molecule has 0 saturated carbocycles. The number of benzene rings is 1. The van der Waals surface area contributed by atoms with Crippen LogP contribution in [0.4, 0.5) is 5.69 Å². The van der Waals surface area contributed by atoms with Crippen LogP contribution in [0.25, 0.3) is 0 Å². The maximum Gasteiger partial charge on any atom is 0.225 e. The van der Waals surface area contributed by atoms with Gasteiger partial charge in [0.2, 0.25) is 5.91 Å². The van der Waals surface area contributed by atoms with Gasteiger partial charge < -0.3 is 10.2 Å². The smallest absolute Gasteiger partial charge is 0.225 e. The van der Waals surface area contributed by atoms with Crippen molar-refractivity contribution in [1.29, 1.82) is 0 Å². The van der Waals surface area contributed by atoms with E-state index < -0.39 is 0 Å². The molecule has 0 radical (unpaired) electrons. The molecule has 0 spiro atoms. The molecule has 3 nitrogen and oxygen atoms in total. The van der Waals surface area contributed by atoms with Crippen LogP contribution in [0.5, 0.6) is 0 Å². The average molecular weight is 315 g/mol. The Labute approximate surface area is 130 Å². The first-order valence-electron chi connectivity index (χ1n) is 7.02. The Hall–Kier alpha value is -0.770. The molecule has 0 bridgehead atoms. The van der Waals surface area contributed by atoms with Crippen molar-refractivity contribution in [2.24, 2.45) is 5.92 Å². The number of anilines is 1. The van der Waals surface area contributed by atoms with Gasteiger partial charge in [-0.15, -0.1) is 0 Å². The van der Waals surface area contributed by atoms with Crippen LogP contribution in [0.2, 0.25) is 10.0 Å². The van der Waals surface area contributed by atoms with E-state index in [-0.39, 0.29) is 5.91 Å². The van der Waals surface area contributed by atoms with Gasteiger partial charge >= 0.3 is 0 Å². The zero-order valence-corrected chi connectivity index (χ0v) is 13.2. The summed E-state index contributed by atoms with van der Waals surface area (Å²) in [4.78, 5) is 14.3. The highest BCUT2D eigenvalue weighted by Gasteiger charge is 2.17. The predicted octanol–water partition coefficient (Wildman–Crippen LogP) is 4.05. The van der Waals surface area contributed by atoms with Crippen LogP contribution in [-0.4, -0.2) is 30.4 Å². The Balaban J connectivity index is 1.80. The summed E-state index contributed by atoms with van der Waals surface area (Å²) in [5.41, 5.74) is 0.619. The first-order chi connectivity index (χ1) is 9.54. The van der Waals surface area contributed by atoms with Crippen molar-refractivity contribution in [2.75, 3.05) is 25.0 Å². The largest absolute Gasteiger partial charge is 0.325 e. The molecule has 1 aliphatic rings. The summed E-state index contributed by atoms with van der Waals surface area (Å²) in [7, 11) is 0. The highest BCUT2D eigenvalue weighted by Crippen LogP contribution is 2.25. The molecule has 1 aliphatic heterocycles. The molecule has 20 heavy (non-hydrogen) atoms. The number of nitrogens with one attached hydrogen (secondary N) is 1. The lowest BCUT2D eigenvalue weighted by Gasteiger charge is -2.30. The SMILES string of the molecule is CC1CCCN(CCC(=O)Nc2ccc(Cl)cc2Cl)C1. The van der Waals surface area contributed by atoms with Crippen LogP contribution in [0.1, 0.15) is 26.2 Å². The van der Waals surface area contributed by atoms with E-state index in [1.54, 1.807) is 18.2 Å².